The minimum absolute atomic E-state index is 0.412. The third-order valence-electron chi connectivity index (χ3n) is 4.99. The molecule has 0 aliphatic heterocycles. The molecule has 0 saturated heterocycles. The Morgan fingerprint density at radius 2 is 1.84 bits per heavy atom. The summed E-state index contributed by atoms with van der Waals surface area (Å²) in [4.78, 5) is 16.7. The zero-order valence-corrected chi connectivity index (χ0v) is 19.3. The van der Waals surface area contributed by atoms with E-state index in [0.717, 1.165) is 33.4 Å². The van der Waals surface area contributed by atoms with Crippen LogP contribution in [-0.4, -0.2) is 25.2 Å². The van der Waals surface area contributed by atoms with E-state index in [1.807, 2.05) is 50.2 Å². The highest BCUT2D eigenvalue weighted by molar-refractivity contribution is 7.17. The van der Waals surface area contributed by atoms with E-state index < -0.39 is 5.97 Å². The predicted molar refractivity (Wildman–Crippen MR) is 125 cm³/mol. The van der Waals surface area contributed by atoms with Crippen molar-refractivity contribution in [2.45, 2.75) is 20.8 Å². The molecule has 164 valence electrons. The Morgan fingerprint density at radius 3 is 2.53 bits per heavy atom. The van der Waals surface area contributed by atoms with Crippen LogP contribution in [0.1, 0.15) is 26.5 Å². The maximum absolute atomic E-state index is 11.9. The molecule has 2 aromatic carbocycles. The molecule has 0 aliphatic rings. The van der Waals surface area contributed by atoms with Gasteiger partial charge in [0.25, 0.3) is 0 Å². The highest BCUT2D eigenvalue weighted by Crippen LogP contribution is 2.27. The van der Waals surface area contributed by atoms with Crippen LogP contribution in [0.15, 0.2) is 52.0 Å². The SMILES string of the molecule is COC(=O)c1sc(NN=c2cc(-c3ccc(OC)cc3)oc3c(C)cc(C)cc23)nc1C. The summed E-state index contributed by atoms with van der Waals surface area (Å²) in [6.07, 6.45) is 0. The lowest BCUT2D eigenvalue weighted by atomic mass is 10.1. The number of carbonyl (C=O) groups is 1. The maximum atomic E-state index is 11.9. The monoisotopic (exact) mass is 449 g/mol. The number of hydrogen-bond acceptors (Lipinski definition) is 8. The number of ether oxygens (including phenoxy) is 2. The summed E-state index contributed by atoms with van der Waals surface area (Å²) in [6, 6.07) is 13.7. The standard InChI is InChI=1S/C24H23N3O4S/c1-13-10-14(2)21-18(11-13)19(12-20(31-21)16-6-8-17(29-4)9-7-16)26-27-24-25-15(3)22(32-24)23(28)30-5/h6-12H,1-5H3,(H,25,27). The van der Waals surface area contributed by atoms with Gasteiger partial charge in [-0.3, -0.25) is 5.43 Å². The quantitative estimate of drug-likeness (QED) is 0.333. The van der Waals surface area contributed by atoms with Crippen molar-refractivity contribution in [1.82, 2.24) is 4.98 Å². The fourth-order valence-electron chi connectivity index (χ4n) is 3.45. The van der Waals surface area contributed by atoms with Gasteiger partial charge in [0, 0.05) is 17.0 Å². The largest absolute Gasteiger partial charge is 0.497 e. The summed E-state index contributed by atoms with van der Waals surface area (Å²) in [6.45, 7) is 5.81. The molecule has 2 aromatic heterocycles. The van der Waals surface area contributed by atoms with Crippen molar-refractivity contribution in [2.75, 3.05) is 19.6 Å². The van der Waals surface area contributed by atoms with Gasteiger partial charge in [0.05, 0.1) is 25.3 Å². The molecule has 0 aliphatic carbocycles. The summed E-state index contributed by atoms with van der Waals surface area (Å²) in [5.41, 5.74) is 7.38. The molecule has 0 atom stereocenters. The van der Waals surface area contributed by atoms with E-state index in [2.05, 4.69) is 21.6 Å². The van der Waals surface area contributed by atoms with Gasteiger partial charge in [-0.05, 0) is 62.2 Å². The van der Waals surface area contributed by atoms with Gasteiger partial charge >= 0.3 is 5.97 Å². The van der Waals surface area contributed by atoms with E-state index in [-0.39, 0.29) is 0 Å². The molecule has 0 amide bonds. The van der Waals surface area contributed by atoms with Crippen molar-refractivity contribution in [1.29, 1.82) is 0 Å². The van der Waals surface area contributed by atoms with Crippen LogP contribution in [0.5, 0.6) is 5.75 Å². The predicted octanol–water partition coefficient (Wildman–Crippen LogP) is 5.20. The average Bonchev–Trinajstić information content (AvgIpc) is 3.17. The summed E-state index contributed by atoms with van der Waals surface area (Å²) < 4.78 is 16.3. The molecular weight excluding hydrogens is 426 g/mol. The van der Waals surface area contributed by atoms with Crippen LogP contribution in [0.25, 0.3) is 22.3 Å². The van der Waals surface area contributed by atoms with Gasteiger partial charge in [-0.1, -0.05) is 17.4 Å². The molecule has 32 heavy (non-hydrogen) atoms. The van der Waals surface area contributed by atoms with Crippen molar-refractivity contribution in [2.24, 2.45) is 5.10 Å². The Hall–Kier alpha value is -3.65. The second kappa shape index (κ2) is 8.84. The summed E-state index contributed by atoms with van der Waals surface area (Å²) in [7, 11) is 2.99. The van der Waals surface area contributed by atoms with Crippen LogP contribution in [0, 0.1) is 20.8 Å². The van der Waals surface area contributed by atoms with Gasteiger partial charge in [0.15, 0.2) is 0 Å². The molecule has 0 saturated carbocycles. The Morgan fingerprint density at radius 1 is 1.09 bits per heavy atom. The topological polar surface area (TPSA) is 86.0 Å². The number of benzene rings is 2. The van der Waals surface area contributed by atoms with Crippen LogP contribution >= 0.6 is 11.3 Å². The van der Waals surface area contributed by atoms with E-state index in [4.69, 9.17) is 13.9 Å². The lowest BCUT2D eigenvalue weighted by Crippen LogP contribution is -2.08. The van der Waals surface area contributed by atoms with Crippen LogP contribution in [0.2, 0.25) is 0 Å². The first-order chi connectivity index (χ1) is 15.4. The molecule has 0 bridgehead atoms. The summed E-state index contributed by atoms with van der Waals surface area (Å²) >= 11 is 1.20. The van der Waals surface area contributed by atoms with Gasteiger partial charge in [0.2, 0.25) is 5.13 Å². The van der Waals surface area contributed by atoms with Gasteiger partial charge in [-0.25, -0.2) is 9.78 Å². The number of rotatable bonds is 5. The number of hydrogen-bond donors (Lipinski definition) is 1. The Kier molecular flexibility index (Phi) is 5.96. The molecule has 7 nitrogen and oxygen atoms in total. The third-order valence-corrected chi connectivity index (χ3v) is 6.03. The first kappa shape index (κ1) is 21.6. The van der Waals surface area contributed by atoms with Gasteiger partial charge in [-0.2, -0.15) is 5.10 Å². The number of carbonyl (C=O) groups excluding carboxylic acids is 1. The van der Waals surface area contributed by atoms with Crippen LogP contribution in [0.3, 0.4) is 0 Å². The zero-order chi connectivity index (χ0) is 22.8. The molecule has 1 N–H and O–H groups in total. The fourth-order valence-corrected chi connectivity index (χ4v) is 4.27. The number of aromatic nitrogens is 1. The van der Waals surface area contributed by atoms with Gasteiger partial charge < -0.3 is 13.9 Å². The molecule has 0 radical (unpaired) electrons. The number of esters is 1. The molecule has 2 heterocycles. The smallest absolute Gasteiger partial charge is 0.350 e. The van der Waals surface area contributed by atoms with Crippen molar-refractivity contribution in [3.63, 3.8) is 0 Å². The number of aryl methyl sites for hydroxylation is 3. The van der Waals surface area contributed by atoms with E-state index >= 15 is 0 Å². The highest BCUT2D eigenvalue weighted by atomic mass is 32.1. The zero-order valence-electron chi connectivity index (χ0n) is 18.5. The lowest BCUT2D eigenvalue weighted by Gasteiger charge is -2.09. The molecule has 0 unspecified atom stereocenters. The number of nitrogens with zero attached hydrogens (tertiary/aromatic N) is 2. The number of fused-ring (bicyclic) bond motifs is 1. The first-order valence-corrected chi connectivity index (χ1v) is 10.8. The number of methoxy groups -OCH3 is 2. The van der Waals surface area contributed by atoms with E-state index in [1.54, 1.807) is 14.0 Å². The van der Waals surface area contributed by atoms with Crippen molar-refractivity contribution in [3.05, 3.63) is 69.5 Å². The second-order valence-corrected chi connectivity index (χ2v) is 8.33. The Bertz CT molecular complexity index is 1370. The Balaban J connectivity index is 1.84. The summed E-state index contributed by atoms with van der Waals surface area (Å²) in [5.74, 6) is 1.04. The highest BCUT2D eigenvalue weighted by Gasteiger charge is 2.15. The van der Waals surface area contributed by atoms with Gasteiger partial charge in [0.1, 0.15) is 22.0 Å². The molecule has 0 fully saturated rings. The molecule has 4 aromatic rings. The van der Waals surface area contributed by atoms with Crippen molar-refractivity contribution >= 4 is 33.4 Å². The minimum Gasteiger partial charge on any atom is -0.497 e. The van der Waals surface area contributed by atoms with Crippen LogP contribution in [-0.2, 0) is 4.74 Å². The lowest BCUT2D eigenvalue weighted by molar-refractivity contribution is 0.0605. The minimum atomic E-state index is -0.412. The van der Waals surface area contributed by atoms with E-state index in [1.165, 1.54) is 18.4 Å². The van der Waals surface area contributed by atoms with Crippen molar-refractivity contribution in [3.8, 4) is 17.1 Å². The molecule has 8 heteroatoms. The number of thiazole rings is 1. The molecular formula is C24H23N3O4S. The number of anilines is 1. The normalized spacial score (nSPS) is 11.6. The first-order valence-electron chi connectivity index (χ1n) is 9.94. The molecule has 4 rings (SSSR count). The Labute approximate surface area is 189 Å². The van der Waals surface area contributed by atoms with Crippen LogP contribution < -0.4 is 15.5 Å². The third kappa shape index (κ3) is 4.22. The van der Waals surface area contributed by atoms with E-state index in [0.29, 0.717) is 26.8 Å². The average molecular weight is 450 g/mol. The molecule has 0 spiro atoms. The van der Waals surface area contributed by atoms with Crippen molar-refractivity contribution < 1.29 is 18.7 Å². The van der Waals surface area contributed by atoms with Crippen LogP contribution in [0.4, 0.5) is 5.13 Å². The van der Waals surface area contributed by atoms with Gasteiger partial charge in [-0.15, -0.1) is 0 Å². The maximum Gasteiger partial charge on any atom is 0.350 e. The fraction of sp³-hybridized carbons (Fsp3) is 0.208. The number of nitrogens with one attached hydrogen (secondary N) is 1. The summed E-state index contributed by atoms with van der Waals surface area (Å²) in [5, 5.41) is 6.70. The van der Waals surface area contributed by atoms with E-state index in [9.17, 15) is 4.79 Å². The second-order valence-electron chi connectivity index (χ2n) is 7.33.